The summed E-state index contributed by atoms with van der Waals surface area (Å²) in [5.41, 5.74) is 1.16. The van der Waals surface area contributed by atoms with Gasteiger partial charge >= 0.3 is 0 Å². The van der Waals surface area contributed by atoms with Gasteiger partial charge in [0.05, 0.1) is 4.47 Å². The van der Waals surface area contributed by atoms with E-state index in [0.29, 0.717) is 0 Å². The van der Waals surface area contributed by atoms with Crippen LogP contribution in [0, 0.1) is 6.92 Å². The van der Waals surface area contributed by atoms with E-state index in [2.05, 4.69) is 55.0 Å². The number of halogens is 2. The van der Waals surface area contributed by atoms with Crippen LogP contribution in [-0.4, -0.2) is 4.98 Å². The van der Waals surface area contributed by atoms with Crippen molar-refractivity contribution in [2.75, 3.05) is 0 Å². The van der Waals surface area contributed by atoms with Gasteiger partial charge in [-0.1, -0.05) is 33.8 Å². The molecule has 1 nitrogen and oxygen atoms in total. The van der Waals surface area contributed by atoms with E-state index in [9.17, 15) is 0 Å². The quantitative estimate of drug-likeness (QED) is 0.743. The molecular weight excluding hydrogens is 350 g/mol. The van der Waals surface area contributed by atoms with Crippen LogP contribution in [0.5, 0.6) is 0 Å². The molecule has 0 bridgehead atoms. The zero-order chi connectivity index (χ0) is 11.5. The third kappa shape index (κ3) is 3.09. The van der Waals surface area contributed by atoms with Crippen molar-refractivity contribution < 1.29 is 0 Å². The fraction of sp³-hybridized carbons (Fsp3) is 0.0833. The van der Waals surface area contributed by atoms with Crippen LogP contribution in [0.1, 0.15) is 5.56 Å². The second-order valence-corrected chi connectivity index (χ2v) is 6.19. The molecule has 1 heterocycles. The molecule has 0 aliphatic rings. The zero-order valence-corrected chi connectivity index (χ0v) is 12.6. The molecule has 0 N–H and O–H groups in total. The van der Waals surface area contributed by atoms with E-state index >= 15 is 0 Å². The Bertz CT molecular complexity index is 514. The number of pyridine rings is 1. The molecule has 0 saturated heterocycles. The van der Waals surface area contributed by atoms with Crippen molar-refractivity contribution in [3.05, 3.63) is 51.0 Å². The minimum atomic E-state index is 0.990. The third-order valence-electron chi connectivity index (χ3n) is 1.95. The average molecular weight is 359 g/mol. The van der Waals surface area contributed by atoms with Crippen LogP contribution in [-0.2, 0) is 0 Å². The predicted molar refractivity (Wildman–Crippen MR) is 74.9 cm³/mol. The Morgan fingerprint density at radius 1 is 1.19 bits per heavy atom. The Morgan fingerprint density at radius 3 is 2.69 bits per heavy atom. The zero-order valence-electron chi connectivity index (χ0n) is 8.58. The lowest BCUT2D eigenvalue weighted by atomic mass is 10.3. The Balaban J connectivity index is 2.27. The van der Waals surface area contributed by atoms with Crippen molar-refractivity contribution in [1.82, 2.24) is 4.98 Å². The smallest absolute Gasteiger partial charge is 0.115 e. The SMILES string of the molecule is Cc1cnc(Sc2cccc(Br)c2)c(Br)c1. The number of hydrogen-bond acceptors (Lipinski definition) is 2. The summed E-state index contributed by atoms with van der Waals surface area (Å²) in [5, 5.41) is 0.990. The van der Waals surface area contributed by atoms with Crippen LogP contribution in [0.25, 0.3) is 0 Å². The molecule has 0 fully saturated rings. The van der Waals surface area contributed by atoms with E-state index in [0.717, 1.165) is 19.5 Å². The topological polar surface area (TPSA) is 12.9 Å². The van der Waals surface area contributed by atoms with Gasteiger partial charge in [0, 0.05) is 15.6 Å². The molecule has 0 radical (unpaired) electrons. The number of nitrogens with zero attached hydrogens (tertiary/aromatic N) is 1. The molecule has 16 heavy (non-hydrogen) atoms. The van der Waals surface area contributed by atoms with Gasteiger partial charge < -0.3 is 0 Å². The maximum Gasteiger partial charge on any atom is 0.115 e. The van der Waals surface area contributed by atoms with Crippen LogP contribution in [0.4, 0.5) is 0 Å². The summed E-state index contributed by atoms with van der Waals surface area (Å²) in [6.45, 7) is 2.03. The minimum Gasteiger partial charge on any atom is -0.248 e. The lowest BCUT2D eigenvalue weighted by molar-refractivity contribution is 1.08. The van der Waals surface area contributed by atoms with Crippen LogP contribution >= 0.6 is 43.6 Å². The lowest BCUT2D eigenvalue weighted by Gasteiger charge is -2.04. The summed E-state index contributed by atoms with van der Waals surface area (Å²) in [7, 11) is 0. The molecule has 0 spiro atoms. The standard InChI is InChI=1S/C12H9Br2NS/c1-8-5-11(14)12(15-7-8)16-10-4-2-3-9(13)6-10/h2-7H,1H3. The minimum absolute atomic E-state index is 0.990. The first-order valence-electron chi connectivity index (χ1n) is 4.71. The molecule has 0 aliphatic carbocycles. The highest BCUT2D eigenvalue weighted by Gasteiger charge is 2.04. The molecule has 2 aromatic rings. The second kappa shape index (κ2) is 5.34. The fourth-order valence-electron chi connectivity index (χ4n) is 1.24. The molecule has 4 heteroatoms. The number of rotatable bonds is 2. The van der Waals surface area contributed by atoms with Crippen molar-refractivity contribution in [3.63, 3.8) is 0 Å². The molecule has 2 rings (SSSR count). The highest BCUT2D eigenvalue weighted by atomic mass is 79.9. The molecule has 1 aromatic heterocycles. The van der Waals surface area contributed by atoms with Crippen molar-refractivity contribution in [1.29, 1.82) is 0 Å². The summed E-state index contributed by atoms with van der Waals surface area (Å²) >= 11 is 8.64. The predicted octanol–water partition coefficient (Wildman–Crippen LogP) is 5.07. The molecule has 0 atom stereocenters. The Kier molecular flexibility index (Phi) is 4.05. The fourth-order valence-corrected chi connectivity index (χ4v) is 3.31. The molecule has 0 amide bonds. The summed E-state index contributed by atoms with van der Waals surface area (Å²) in [6, 6.07) is 10.3. The van der Waals surface area contributed by atoms with Crippen molar-refractivity contribution in [3.8, 4) is 0 Å². The van der Waals surface area contributed by atoms with Gasteiger partial charge in [-0.25, -0.2) is 4.98 Å². The van der Waals surface area contributed by atoms with Crippen molar-refractivity contribution in [2.45, 2.75) is 16.8 Å². The van der Waals surface area contributed by atoms with Gasteiger partial charge in [-0.2, -0.15) is 0 Å². The maximum atomic E-state index is 4.40. The molecule has 0 unspecified atom stereocenters. The number of hydrogen-bond donors (Lipinski definition) is 0. The highest BCUT2D eigenvalue weighted by molar-refractivity contribution is 9.10. The van der Waals surface area contributed by atoms with Crippen molar-refractivity contribution >= 4 is 43.6 Å². The van der Waals surface area contributed by atoms with E-state index in [1.165, 1.54) is 4.90 Å². The maximum absolute atomic E-state index is 4.40. The van der Waals surface area contributed by atoms with Gasteiger partial charge in [-0.05, 0) is 52.7 Å². The van der Waals surface area contributed by atoms with Crippen LogP contribution in [0.2, 0.25) is 0 Å². The lowest BCUT2D eigenvalue weighted by Crippen LogP contribution is -1.84. The van der Waals surface area contributed by atoms with Gasteiger partial charge in [-0.3, -0.25) is 0 Å². The second-order valence-electron chi connectivity index (χ2n) is 3.36. The number of benzene rings is 1. The van der Waals surface area contributed by atoms with E-state index in [1.54, 1.807) is 11.8 Å². The Morgan fingerprint density at radius 2 is 2.00 bits per heavy atom. The highest BCUT2D eigenvalue weighted by Crippen LogP contribution is 2.33. The third-order valence-corrected chi connectivity index (χ3v) is 4.32. The number of aromatic nitrogens is 1. The monoisotopic (exact) mass is 357 g/mol. The van der Waals surface area contributed by atoms with E-state index in [-0.39, 0.29) is 0 Å². The van der Waals surface area contributed by atoms with E-state index in [4.69, 9.17) is 0 Å². The molecule has 0 saturated carbocycles. The van der Waals surface area contributed by atoms with Gasteiger partial charge in [-0.15, -0.1) is 0 Å². The van der Waals surface area contributed by atoms with Gasteiger partial charge in [0.2, 0.25) is 0 Å². The first-order valence-corrected chi connectivity index (χ1v) is 7.11. The first-order chi connectivity index (χ1) is 7.65. The summed E-state index contributed by atoms with van der Waals surface area (Å²) in [6.07, 6.45) is 1.88. The van der Waals surface area contributed by atoms with E-state index in [1.807, 2.05) is 25.3 Å². The largest absolute Gasteiger partial charge is 0.248 e. The first kappa shape index (κ1) is 12.1. The Labute approximate surface area is 116 Å². The molecule has 0 aliphatic heterocycles. The van der Waals surface area contributed by atoms with Crippen LogP contribution in [0.15, 0.2) is 55.4 Å². The van der Waals surface area contributed by atoms with Crippen LogP contribution < -0.4 is 0 Å². The molecule has 82 valence electrons. The summed E-state index contributed by atoms with van der Waals surface area (Å²) in [5.74, 6) is 0. The molecule has 1 aromatic carbocycles. The van der Waals surface area contributed by atoms with Gasteiger partial charge in [0.15, 0.2) is 0 Å². The Hall–Kier alpha value is -0.320. The summed E-state index contributed by atoms with van der Waals surface area (Å²) < 4.78 is 2.12. The summed E-state index contributed by atoms with van der Waals surface area (Å²) in [4.78, 5) is 5.58. The number of aryl methyl sites for hydroxylation is 1. The van der Waals surface area contributed by atoms with Crippen LogP contribution in [0.3, 0.4) is 0 Å². The van der Waals surface area contributed by atoms with Crippen molar-refractivity contribution in [2.24, 2.45) is 0 Å². The molecular formula is C12H9Br2NS. The average Bonchev–Trinajstić information content (AvgIpc) is 2.22. The van der Waals surface area contributed by atoms with Gasteiger partial charge in [0.1, 0.15) is 5.03 Å². The van der Waals surface area contributed by atoms with E-state index < -0.39 is 0 Å². The normalized spacial score (nSPS) is 10.4. The van der Waals surface area contributed by atoms with Gasteiger partial charge in [0.25, 0.3) is 0 Å².